The van der Waals surface area contributed by atoms with Crippen molar-refractivity contribution in [2.24, 2.45) is 23.7 Å². The Morgan fingerprint density at radius 1 is 0.424 bits per heavy atom. The SMILES string of the molecule is COC(=O)C(CC(C)C)N(C)C(=O)C(Cc1ccccc1)OC(=O)C(CC(C)C)N(C)C(=O)C(C)OC(=O)C(CC(C)C)N(C)C(=O)C(Cc1ccccc1)OC(=O)C(CC(C)C)N(C)C. The highest BCUT2D eigenvalue weighted by Gasteiger charge is 2.41. The van der Waals surface area contributed by atoms with Gasteiger partial charge in [-0.25, -0.2) is 14.4 Å². The topological polar surface area (TPSA) is 169 Å². The first kappa shape index (κ1) is 56.8. The van der Waals surface area contributed by atoms with Crippen molar-refractivity contribution in [1.29, 1.82) is 0 Å². The third-order valence-electron chi connectivity index (χ3n) is 11.4. The van der Waals surface area contributed by atoms with Crippen LogP contribution >= 0.6 is 0 Å². The highest BCUT2D eigenvalue weighted by Crippen LogP contribution is 2.23. The maximum atomic E-state index is 14.4. The Morgan fingerprint density at radius 2 is 0.727 bits per heavy atom. The maximum Gasteiger partial charge on any atom is 0.329 e. The average molecular weight is 923 g/mol. The van der Waals surface area contributed by atoms with Gasteiger partial charge in [-0.1, -0.05) is 116 Å². The van der Waals surface area contributed by atoms with Gasteiger partial charge in [-0.05, 0) is 81.5 Å². The number of amides is 3. The highest BCUT2D eigenvalue weighted by atomic mass is 16.6. The Bertz CT molecular complexity index is 1870. The van der Waals surface area contributed by atoms with Gasteiger partial charge in [0.15, 0.2) is 18.3 Å². The minimum atomic E-state index is -1.41. The maximum absolute atomic E-state index is 14.4. The summed E-state index contributed by atoms with van der Waals surface area (Å²) in [5.41, 5.74) is 1.45. The molecule has 0 aliphatic heterocycles. The van der Waals surface area contributed by atoms with E-state index in [1.165, 1.54) is 45.0 Å². The number of esters is 4. The number of hydrogen-bond donors (Lipinski definition) is 0. The molecule has 7 unspecified atom stereocenters. The van der Waals surface area contributed by atoms with Crippen molar-refractivity contribution in [2.75, 3.05) is 42.3 Å². The Kier molecular flexibility index (Phi) is 23.6. The summed E-state index contributed by atoms with van der Waals surface area (Å²) < 4.78 is 22.8. The van der Waals surface area contributed by atoms with Gasteiger partial charge in [0.05, 0.1) is 7.11 Å². The molecule has 2 rings (SSSR count). The summed E-state index contributed by atoms with van der Waals surface area (Å²) >= 11 is 0. The quantitative estimate of drug-likeness (QED) is 0.0799. The van der Waals surface area contributed by atoms with Crippen molar-refractivity contribution in [3.05, 3.63) is 71.8 Å². The van der Waals surface area contributed by atoms with E-state index in [4.69, 9.17) is 18.9 Å². The van der Waals surface area contributed by atoms with E-state index >= 15 is 0 Å². The standard InChI is InChI=1S/C51H78N4O11/c1-32(2)26-39(52(10)11)49(60)65-43(30-37-22-18-16-19-23-37)47(58)55(14)41(28-34(5)6)50(61)64-36(9)45(56)53(12)42(29-35(7)8)51(62)66-44(31-38-24-20-17-21-25-38)46(57)54(13)40(27-33(3)4)48(59)63-15/h16-25,32-36,39-44H,26-31H2,1-15H3. The number of hydrogen-bond acceptors (Lipinski definition) is 12. The lowest BCUT2D eigenvalue weighted by atomic mass is 10.00. The third kappa shape index (κ3) is 17.8. The molecule has 0 fully saturated rings. The molecule has 0 N–H and O–H groups in total. The molecule has 0 radical (unpaired) electrons. The van der Waals surface area contributed by atoms with E-state index < -0.39 is 84.1 Å². The van der Waals surface area contributed by atoms with Gasteiger partial charge < -0.3 is 33.6 Å². The lowest BCUT2D eigenvalue weighted by Gasteiger charge is -2.34. The average Bonchev–Trinajstić information content (AvgIpc) is 3.26. The molecule has 7 atom stereocenters. The molecule has 0 aromatic heterocycles. The zero-order valence-corrected chi connectivity index (χ0v) is 42.1. The second-order valence-electron chi connectivity index (χ2n) is 19.2. The number of nitrogens with zero attached hydrogens (tertiary/aromatic N) is 4. The minimum absolute atomic E-state index is 0.00549. The Balaban J connectivity index is 2.43. The van der Waals surface area contributed by atoms with Crippen molar-refractivity contribution in [1.82, 2.24) is 19.6 Å². The molecule has 0 heterocycles. The molecule has 15 nitrogen and oxygen atoms in total. The summed E-state index contributed by atoms with van der Waals surface area (Å²) in [5, 5.41) is 0. The van der Waals surface area contributed by atoms with Gasteiger partial charge in [0.2, 0.25) is 0 Å². The lowest BCUT2D eigenvalue weighted by Crippen LogP contribution is -2.53. The van der Waals surface area contributed by atoms with E-state index in [9.17, 15) is 33.6 Å². The Labute approximate surface area is 393 Å². The minimum Gasteiger partial charge on any atom is -0.467 e. The highest BCUT2D eigenvalue weighted by molar-refractivity contribution is 5.93. The van der Waals surface area contributed by atoms with Crippen molar-refractivity contribution in [2.45, 2.75) is 143 Å². The van der Waals surface area contributed by atoms with Gasteiger partial charge in [0.25, 0.3) is 17.7 Å². The Morgan fingerprint density at radius 3 is 1.06 bits per heavy atom. The Hall–Kier alpha value is -5.31. The van der Waals surface area contributed by atoms with Crippen LogP contribution in [0.25, 0.3) is 0 Å². The summed E-state index contributed by atoms with van der Waals surface area (Å²) in [6.07, 6.45) is -2.87. The van der Waals surface area contributed by atoms with E-state index in [2.05, 4.69) is 0 Å². The van der Waals surface area contributed by atoms with Crippen LogP contribution in [0, 0.1) is 23.7 Å². The molecule has 0 aliphatic rings. The van der Waals surface area contributed by atoms with Gasteiger partial charge in [0.1, 0.15) is 24.2 Å². The van der Waals surface area contributed by atoms with Crippen molar-refractivity contribution < 1.29 is 52.5 Å². The summed E-state index contributed by atoms with van der Waals surface area (Å²) in [4.78, 5) is 103. The van der Waals surface area contributed by atoms with Crippen LogP contribution in [-0.4, -0.2) is 146 Å². The lowest BCUT2D eigenvalue weighted by molar-refractivity contribution is -0.173. The summed E-state index contributed by atoms with van der Waals surface area (Å²) in [6, 6.07) is 14.2. The van der Waals surface area contributed by atoms with Crippen LogP contribution in [0.15, 0.2) is 60.7 Å². The van der Waals surface area contributed by atoms with E-state index in [1.54, 1.807) is 43.3 Å². The van der Waals surface area contributed by atoms with Crippen LogP contribution in [0.4, 0.5) is 0 Å². The first-order chi connectivity index (χ1) is 30.9. The first-order valence-corrected chi connectivity index (χ1v) is 23.1. The van der Waals surface area contributed by atoms with E-state index in [-0.39, 0.29) is 49.4 Å². The number of carbonyl (C=O) groups excluding carboxylic acids is 7. The molecule has 0 aliphatic carbocycles. The third-order valence-corrected chi connectivity index (χ3v) is 11.4. The fourth-order valence-electron chi connectivity index (χ4n) is 7.63. The van der Waals surface area contributed by atoms with Gasteiger partial charge in [-0.15, -0.1) is 0 Å². The molecular formula is C51H78N4O11. The fourth-order valence-corrected chi connectivity index (χ4v) is 7.63. The first-order valence-electron chi connectivity index (χ1n) is 23.1. The van der Waals surface area contributed by atoms with E-state index in [0.717, 1.165) is 10.5 Å². The second kappa shape index (κ2) is 27.4. The number of likely N-dealkylation sites (N-methyl/N-ethyl adjacent to an activating group) is 4. The van der Waals surface area contributed by atoms with Crippen molar-refractivity contribution in [3.8, 4) is 0 Å². The zero-order chi connectivity index (χ0) is 50.0. The molecule has 0 saturated heterocycles. The monoisotopic (exact) mass is 923 g/mol. The van der Waals surface area contributed by atoms with Gasteiger partial charge in [-0.2, -0.15) is 0 Å². The number of rotatable bonds is 26. The van der Waals surface area contributed by atoms with Gasteiger partial charge in [-0.3, -0.25) is 24.1 Å². The fraction of sp³-hybridized carbons (Fsp3) is 0.627. The van der Waals surface area contributed by atoms with Crippen LogP contribution in [0.2, 0.25) is 0 Å². The molecule has 2 aromatic rings. The van der Waals surface area contributed by atoms with E-state index in [0.29, 0.717) is 18.4 Å². The van der Waals surface area contributed by atoms with Crippen LogP contribution in [0.5, 0.6) is 0 Å². The molecule has 0 bridgehead atoms. The number of carbonyl (C=O) groups is 7. The molecule has 2 aromatic carbocycles. The number of ether oxygens (including phenoxy) is 4. The van der Waals surface area contributed by atoms with Crippen LogP contribution in [-0.2, 0) is 65.4 Å². The summed E-state index contributed by atoms with van der Waals surface area (Å²) in [7, 11) is 9.12. The second-order valence-corrected chi connectivity index (χ2v) is 19.2. The van der Waals surface area contributed by atoms with Crippen molar-refractivity contribution in [3.63, 3.8) is 0 Å². The van der Waals surface area contributed by atoms with Crippen LogP contribution < -0.4 is 0 Å². The van der Waals surface area contributed by atoms with Crippen molar-refractivity contribution >= 4 is 41.6 Å². The number of benzene rings is 2. The predicted octanol–water partition coefficient (Wildman–Crippen LogP) is 6.00. The zero-order valence-electron chi connectivity index (χ0n) is 42.1. The molecule has 15 heteroatoms. The molecule has 368 valence electrons. The van der Waals surface area contributed by atoms with Crippen LogP contribution in [0.3, 0.4) is 0 Å². The normalized spacial score (nSPS) is 14.7. The molecule has 0 saturated carbocycles. The number of methoxy groups -OCH3 is 1. The van der Waals surface area contributed by atoms with Gasteiger partial charge in [0, 0.05) is 34.0 Å². The largest absolute Gasteiger partial charge is 0.467 e. The molecule has 66 heavy (non-hydrogen) atoms. The molecule has 0 spiro atoms. The summed E-state index contributed by atoms with van der Waals surface area (Å²) in [6.45, 7) is 16.7. The smallest absolute Gasteiger partial charge is 0.329 e. The molecule has 3 amide bonds. The van der Waals surface area contributed by atoms with E-state index in [1.807, 2.05) is 91.8 Å². The van der Waals surface area contributed by atoms with Gasteiger partial charge >= 0.3 is 23.9 Å². The molecular weight excluding hydrogens is 845 g/mol. The summed E-state index contributed by atoms with van der Waals surface area (Å²) in [5.74, 6) is -4.84. The predicted molar refractivity (Wildman–Crippen MR) is 253 cm³/mol. The van der Waals surface area contributed by atoms with Crippen LogP contribution in [0.1, 0.15) is 99.1 Å².